The van der Waals surface area contributed by atoms with Crippen LogP contribution in [0.2, 0.25) is 0 Å². The van der Waals surface area contributed by atoms with Crippen LogP contribution >= 0.6 is 0 Å². The van der Waals surface area contributed by atoms with E-state index in [-0.39, 0.29) is 11.7 Å². The molecule has 2 rings (SSSR count). The first-order valence-corrected chi connectivity index (χ1v) is 6.20. The van der Waals surface area contributed by atoms with Crippen LogP contribution in [0.5, 0.6) is 5.75 Å². The summed E-state index contributed by atoms with van der Waals surface area (Å²) < 4.78 is 5.12. The van der Waals surface area contributed by atoms with Gasteiger partial charge in [0.2, 0.25) is 0 Å². The van der Waals surface area contributed by atoms with E-state index in [0.717, 1.165) is 11.3 Å². The molecule has 1 aromatic heterocycles. The smallest absolute Gasteiger partial charge is 0.257 e. The Kier molecular flexibility index (Phi) is 3.65. The third-order valence-corrected chi connectivity index (χ3v) is 3.15. The zero-order chi connectivity index (χ0) is 14.8. The molecule has 0 bridgehead atoms. The molecule has 1 aromatic carbocycles. The zero-order valence-electron chi connectivity index (χ0n) is 11.7. The van der Waals surface area contributed by atoms with Gasteiger partial charge in [-0.1, -0.05) is 12.1 Å². The lowest BCUT2D eigenvalue weighted by molar-refractivity contribution is 0.0913. The molecule has 0 radical (unpaired) electrons. The predicted octanol–water partition coefficient (Wildman–Crippen LogP) is 1.67. The minimum Gasteiger partial charge on any atom is -0.497 e. The van der Waals surface area contributed by atoms with E-state index in [1.807, 2.05) is 38.1 Å². The summed E-state index contributed by atoms with van der Waals surface area (Å²) in [6.45, 7) is 3.84. The number of nitrogens with zero attached hydrogens (tertiary/aromatic N) is 1. The van der Waals surface area contributed by atoms with Crippen LogP contribution in [0.4, 0.5) is 5.82 Å². The van der Waals surface area contributed by atoms with Crippen molar-refractivity contribution in [1.29, 1.82) is 0 Å². The average Bonchev–Trinajstić information content (AvgIpc) is 2.84. The second-order valence-corrected chi connectivity index (χ2v) is 5.00. The number of ether oxygens (including phenoxy) is 1. The van der Waals surface area contributed by atoms with E-state index in [4.69, 9.17) is 10.5 Å². The van der Waals surface area contributed by atoms with Gasteiger partial charge in [0.25, 0.3) is 5.91 Å². The number of rotatable bonds is 4. The normalized spacial score (nSPS) is 11.2. The van der Waals surface area contributed by atoms with E-state index in [9.17, 15) is 4.79 Å². The van der Waals surface area contributed by atoms with Crippen molar-refractivity contribution in [3.05, 3.63) is 41.6 Å². The molecule has 2 aromatic rings. The standard InChI is InChI=1S/C14H18N4O2/c1-14(2,9-4-6-10(20-3)7-5-9)17-13(19)11-8-16-18-12(11)15/h4-8H,1-3H3,(H,17,19)(H3,15,16,18). The van der Waals surface area contributed by atoms with Crippen molar-refractivity contribution in [2.75, 3.05) is 12.8 Å². The van der Waals surface area contributed by atoms with Crippen LogP contribution in [0.1, 0.15) is 29.8 Å². The van der Waals surface area contributed by atoms with Crippen molar-refractivity contribution < 1.29 is 9.53 Å². The number of nitrogens with one attached hydrogen (secondary N) is 2. The molecule has 1 heterocycles. The maximum atomic E-state index is 12.2. The Hall–Kier alpha value is -2.50. The Labute approximate surface area is 117 Å². The van der Waals surface area contributed by atoms with Crippen molar-refractivity contribution in [1.82, 2.24) is 15.5 Å². The lowest BCUT2D eigenvalue weighted by Gasteiger charge is -2.27. The quantitative estimate of drug-likeness (QED) is 0.790. The maximum absolute atomic E-state index is 12.2. The number of aromatic amines is 1. The first-order valence-electron chi connectivity index (χ1n) is 6.20. The fourth-order valence-electron chi connectivity index (χ4n) is 1.91. The summed E-state index contributed by atoms with van der Waals surface area (Å²) in [5, 5.41) is 9.21. The minimum atomic E-state index is -0.535. The largest absolute Gasteiger partial charge is 0.497 e. The van der Waals surface area contributed by atoms with Crippen LogP contribution in [0.25, 0.3) is 0 Å². The van der Waals surface area contributed by atoms with Crippen LogP contribution in [-0.4, -0.2) is 23.2 Å². The van der Waals surface area contributed by atoms with Gasteiger partial charge in [0, 0.05) is 0 Å². The number of anilines is 1. The summed E-state index contributed by atoms with van der Waals surface area (Å²) in [5.74, 6) is 0.764. The molecule has 6 nitrogen and oxygen atoms in total. The number of H-pyrrole nitrogens is 1. The molecule has 4 N–H and O–H groups in total. The second kappa shape index (κ2) is 5.24. The average molecular weight is 274 g/mol. The zero-order valence-corrected chi connectivity index (χ0v) is 11.7. The monoisotopic (exact) mass is 274 g/mol. The molecule has 1 amide bonds. The lowest BCUT2D eigenvalue weighted by atomic mass is 9.94. The van der Waals surface area contributed by atoms with Crippen molar-refractivity contribution in [3.8, 4) is 5.75 Å². The van der Waals surface area contributed by atoms with Crippen LogP contribution in [0.3, 0.4) is 0 Å². The van der Waals surface area contributed by atoms with Crippen LogP contribution in [0.15, 0.2) is 30.5 Å². The molecule has 0 aliphatic rings. The summed E-state index contributed by atoms with van der Waals surface area (Å²) in [5.41, 5.74) is 6.41. The van der Waals surface area contributed by atoms with E-state index in [1.54, 1.807) is 7.11 Å². The number of carbonyl (C=O) groups excluding carboxylic acids is 1. The molecular weight excluding hydrogens is 256 g/mol. The van der Waals surface area contributed by atoms with Crippen LogP contribution < -0.4 is 15.8 Å². The van der Waals surface area contributed by atoms with Gasteiger partial charge in [0.05, 0.1) is 18.8 Å². The maximum Gasteiger partial charge on any atom is 0.257 e. The highest BCUT2D eigenvalue weighted by molar-refractivity contribution is 5.98. The van der Waals surface area contributed by atoms with Gasteiger partial charge in [0.15, 0.2) is 0 Å². The summed E-state index contributed by atoms with van der Waals surface area (Å²) in [4.78, 5) is 12.2. The van der Waals surface area contributed by atoms with E-state index in [1.165, 1.54) is 6.20 Å². The van der Waals surface area contributed by atoms with Crippen molar-refractivity contribution in [3.63, 3.8) is 0 Å². The van der Waals surface area contributed by atoms with Gasteiger partial charge in [-0.15, -0.1) is 0 Å². The molecule has 106 valence electrons. The van der Waals surface area contributed by atoms with Crippen molar-refractivity contribution >= 4 is 11.7 Å². The Balaban J connectivity index is 2.17. The fraction of sp³-hybridized carbons (Fsp3) is 0.286. The highest BCUT2D eigenvalue weighted by Crippen LogP contribution is 2.23. The second-order valence-electron chi connectivity index (χ2n) is 5.00. The van der Waals surface area contributed by atoms with Gasteiger partial charge in [-0.3, -0.25) is 9.89 Å². The van der Waals surface area contributed by atoms with Gasteiger partial charge < -0.3 is 15.8 Å². The van der Waals surface area contributed by atoms with Gasteiger partial charge in [-0.25, -0.2) is 0 Å². The molecule has 0 saturated heterocycles. The molecule has 0 unspecified atom stereocenters. The Bertz CT molecular complexity index is 602. The number of nitrogens with two attached hydrogens (primary N) is 1. The molecule has 0 atom stereocenters. The number of nitrogen functional groups attached to an aromatic ring is 1. The van der Waals surface area contributed by atoms with E-state index in [2.05, 4.69) is 15.5 Å². The van der Waals surface area contributed by atoms with Crippen molar-refractivity contribution in [2.45, 2.75) is 19.4 Å². The Morgan fingerprint density at radius 2 is 2.00 bits per heavy atom. The van der Waals surface area contributed by atoms with Crippen LogP contribution in [-0.2, 0) is 5.54 Å². The third-order valence-electron chi connectivity index (χ3n) is 3.15. The number of hydrogen-bond acceptors (Lipinski definition) is 4. The van der Waals surface area contributed by atoms with Gasteiger partial charge in [0.1, 0.15) is 17.1 Å². The molecule has 20 heavy (non-hydrogen) atoms. The summed E-state index contributed by atoms with van der Waals surface area (Å²) in [6.07, 6.45) is 1.41. The molecule has 0 aliphatic carbocycles. The van der Waals surface area contributed by atoms with Gasteiger partial charge in [-0.2, -0.15) is 5.10 Å². The lowest BCUT2D eigenvalue weighted by Crippen LogP contribution is -2.41. The molecule has 0 aliphatic heterocycles. The molecule has 0 fully saturated rings. The van der Waals surface area contributed by atoms with Crippen LogP contribution in [0, 0.1) is 0 Å². The Morgan fingerprint density at radius 3 is 2.50 bits per heavy atom. The molecule has 0 spiro atoms. The summed E-state index contributed by atoms with van der Waals surface area (Å²) in [6, 6.07) is 7.54. The number of carbonyl (C=O) groups is 1. The Morgan fingerprint density at radius 1 is 1.35 bits per heavy atom. The number of aromatic nitrogens is 2. The SMILES string of the molecule is COc1ccc(C(C)(C)NC(=O)c2cn[nH]c2N)cc1. The first-order chi connectivity index (χ1) is 9.44. The minimum absolute atomic E-state index is 0.257. The molecular formula is C14H18N4O2. The number of benzene rings is 1. The highest BCUT2D eigenvalue weighted by atomic mass is 16.5. The fourth-order valence-corrected chi connectivity index (χ4v) is 1.91. The topological polar surface area (TPSA) is 93.0 Å². The number of hydrogen-bond donors (Lipinski definition) is 3. The van der Waals surface area contributed by atoms with E-state index >= 15 is 0 Å². The number of methoxy groups -OCH3 is 1. The van der Waals surface area contributed by atoms with Gasteiger partial charge >= 0.3 is 0 Å². The number of amides is 1. The molecule has 6 heteroatoms. The summed E-state index contributed by atoms with van der Waals surface area (Å²) in [7, 11) is 1.61. The van der Waals surface area contributed by atoms with Crippen molar-refractivity contribution in [2.24, 2.45) is 0 Å². The third kappa shape index (κ3) is 2.74. The van der Waals surface area contributed by atoms with E-state index < -0.39 is 5.54 Å². The van der Waals surface area contributed by atoms with Gasteiger partial charge in [-0.05, 0) is 31.5 Å². The highest BCUT2D eigenvalue weighted by Gasteiger charge is 2.24. The first kappa shape index (κ1) is 13.9. The summed E-state index contributed by atoms with van der Waals surface area (Å²) >= 11 is 0. The molecule has 0 saturated carbocycles. The predicted molar refractivity (Wildman–Crippen MR) is 76.5 cm³/mol. The van der Waals surface area contributed by atoms with E-state index in [0.29, 0.717) is 5.56 Å².